The van der Waals surface area contributed by atoms with Gasteiger partial charge in [0, 0.05) is 0 Å². The lowest BCUT2D eigenvalue weighted by Crippen LogP contribution is -2.37. The fraction of sp³-hybridized carbons (Fsp3) is 0.353. The van der Waals surface area contributed by atoms with E-state index >= 15 is 0 Å². The number of imidazole rings is 1. The molecule has 1 aliphatic heterocycles. The number of nitrogens with two attached hydrogens (primary N) is 1. The Kier molecular flexibility index (Phi) is 3.97. The molecule has 4 rings (SSSR count). The van der Waals surface area contributed by atoms with Crippen LogP contribution in [0.4, 0.5) is 10.3 Å². The highest BCUT2D eigenvalue weighted by Gasteiger charge is 2.50. The highest BCUT2D eigenvalue weighted by atomic mass is 19.1. The molecule has 3 N–H and O–H groups in total. The SMILES string of the molecule is CC1(F)C(O)COC1n1cnc2c(OCc3ccccc3)nc(N)nc21. The van der Waals surface area contributed by atoms with E-state index in [0.717, 1.165) is 5.56 Å². The first-order valence-corrected chi connectivity index (χ1v) is 8.12. The number of benzene rings is 1. The van der Waals surface area contributed by atoms with Crippen LogP contribution in [-0.2, 0) is 11.3 Å². The number of anilines is 1. The van der Waals surface area contributed by atoms with Gasteiger partial charge in [-0.3, -0.25) is 4.57 Å². The van der Waals surface area contributed by atoms with E-state index in [9.17, 15) is 9.50 Å². The lowest BCUT2D eigenvalue weighted by atomic mass is 10.0. The monoisotopic (exact) mass is 359 g/mol. The summed E-state index contributed by atoms with van der Waals surface area (Å²) >= 11 is 0. The molecule has 0 spiro atoms. The molecule has 0 amide bonds. The number of alkyl halides is 1. The number of ether oxygens (including phenoxy) is 2. The molecule has 2 aromatic heterocycles. The van der Waals surface area contributed by atoms with E-state index in [1.54, 1.807) is 0 Å². The molecule has 9 heteroatoms. The molecule has 26 heavy (non-hydrogen) atoms. The summed E-state index contributed by atoms with van der Waals surface area (Å²) < 4.78 is 27.3. The summed E-state index contributed by atoms with van der Waals surface area (Å²) in [7, 11) is 0. The van der Waals surface area contributed by atoms with Gasteiger partial charge < -0.3 is 20.3 Å². The quantitative estimate of drug-likeness (QED) is 0.728. The van der Waals surface area contributed by atoms with Crippen molar-refractivity contribution in [1.29, 1.82) is 0 Å². The number of aliphatic hydroxyl groups is 1. The van der Waals surface area contributed by atoms with Crippen molar-refractivity contribution < 1.29 is 19.0 Å². The number of hydrogen-bond acceptors (Lipinski definition) is 7. The first-order valence-electron chi connectivity index (χ1n) is 8.12. The first-order chi connectivity index (χ1) is 12.5. The van der Waals surface area contributed by atoms with Crippen LogP contribution in [0.15, 0.2) is 36.7 Å². The highest BCUT2D eigenvalue weighted by molar-refractivity contribution is 5.77. The van der Waals surface area contributed by atoms with E-state index < -0.39 is 18.0 Å². The summed E-state index contributed by atoms with van der Waals surface area (Å²) in [6, 6.07) is 9.56. The van der Waals surface area contributed by atoms with Gasteiger partial charge in [0.15, 0.2) is 23.1 Å². The molecule has 3 atom stereocenters. The largest absolute Gasteiger partial charge is 0.471 e. The molecule has 3 aromatic rings. The van der Waals surface area contributed by atoms with E-state index in [1.165, 1.54) is 17.8 Å². The molecule has 3 heterocycles. The van der Waals surface area contributed by atoms with Crippen LogP contribution >= 0.6 is 0 Å². The van der Waals surface area contributed by atoms with Crippen LogP contribution in [0, 0.1) is 0 Å². The molecule has 0 radical (unpaired) electrons. The molecule has 0 aliphatic carbocycles. The Labute approximate surface area is 148 Å². The number of hydrogen-bond donors (Lipinski definition) is 2. The van der Waals surface area contributed by atoms with Crippen molar-refractivity contribution >= 4 is 17.1 Å². The topological polar surface area (TPSA) is 108 Å². The fourth-order valence-corrected chi connectivity index (χ4v) is 2.93. The van der Waals surface area contributed by atoms with Crippen molar-refractivity contribution in [2.24, 2.45) is 0 Å². The van der Waals surface area contributed by atoms with Crippen molar-refractivity contribution in [2.45, 2.75) is 31.5 Å². The Balaban J connectivity index is 1.69. The minimum absolute atomic E-state index is 0.0265. The summed E-state index contributed by atoms with van der Waals surface area (Å²) in [6.45, 7) is 1.44. The van der Waals surface area contributed by atoms with Gasteiger partial charge in [0.05, 0.1) is 12.9 Å². The maximum atomic E-state index is 14.8. The van der Waals surface area contributed by atoms with E-state index in [2.05, 4.69) is 15.0 Å². The van der Waals surface area contributed by atoms with Crippen LogP contribution in [-0.4, -0.2) is 43.0 Å². The molecule has 1 saturated heterocycles. The Morgan fingerprint density at radius 1 is 1.38 bits per heavy atom. The Bertz CT molecular complexity index is 931. The molecule has 1 fully saturated rings. The third-order valence-electron chi connectivity index (χ3n) is 4.42. The first kappa shape index (κ1) is 16.7. The number of nitrogens with zero attached hydrogens (tertiary/aromatic N) is 4. The summed E-state index contributed by atoms with van der Waals surface area (Å²) in [5, 5.41) is 9.80. The van der Waals surface area contributed by atoms with Crippen molar-refractivity contribution in [2.75, 3.05) is 12.3 Å². The van der Waals surface area contributed by atoms with Gasteiger partial charge in [0.2, 0.25) is 11.8 Å². The maximum absolute atomic E-state index is 14.8. The van der Waals surface area contributed by atoms with Crippen LogP contribution in [0.2, 0.25) is 0 Å². The van der Waals surface area contributed by atoms with Crippen LogP contribution in [0.25, 0.3) is 11.2 Å². The highest BCUT2D eigenvalue weighted by Crippen LogP contribution is 2.39. The van der Waals surface area contributed by atoms with Crippen molar-refractivity contribution in [3.63, 3.8) is 0 Å². The van der Waals surface area contributed by atoms with Gasteiger partial charge in [-0.2, -0.15) is 9.97 Å². The number of rotatable bonds is 4. The number of aliphatic hydroxyl groups excluding tert-OH is 1. The molecule has 3 unspecified atom stereocenters. The van der Waals surface area contributed by atoms with Gasteiger partial charge in [0.25, 0.3) is 0 Å². The third kappa shape index (κ3) is 2.74. The standard InChI is InChI=1S/C17H18FN5O3/c1-17(18)11(24)8-26-15(17)23-9-20-12-13(23)21-16(19)22-14(12)25-7-10-5-3-2-4-6-10/h2-6,9,11,15,24H,7-8H2,1H3,(H2,19,21,22). The Hall–Kier alpha value is -2.78. The molecule has 0 bridgehead atoms. The summed E-state index contributed by atoms with van der Waals surface area (Å²) in [5.41, 5.74) is 5.38. The minimum atomic E-state index is -1.99. The number of nitrogen functional groups attached to an aromatic ring is 1. The molecule has 1 aromatic carbocycles. The normalized spacial score (nSPS) is 25.7. The molecular formula is C17H18FN5O3. The Morgan fingerprint density at radius 2 is 2.15 bits per heavy atom. The lowest BCUT2D eigenvalue weighted by molar-refractivity contribution is -0.0339. The second-order valence-corrected chi connectivity index (χ2v) is 6.34. The van der Waals surface area contributed by atoms with Crippen LogP contribution < -0.4 is 10.5 Å². The van der Waals surface area contributed by atoms with E-state index in [0.29, 0.717) is 5.52 Å². The second-order valence-electron chi connectivity index (χ2n) is 6.34. The van der Waals surface area contributed by atoms with E-state index in [4.69, 9.17) is 15.2 Å². The van der Waals surface area contributed by atoms with Gasteiger partial charge in [-0.05, 0) is 12.5 Å². The number of fused-ring (bicyclic) bond motifs is 1. The zero-order valence-electron chi connectivity index (χ0n) is 14.0. The van der Waals surface area contributed by atoms with Gasteiger partial charge >= 0.3 is 0 Å². The number of halogens is 1. The lowest BCUT2D eigenvalue weighted by Gasteiger charge is -2.24. The second kappa shape index (κ2) is 6.19. The van der Waals surface area contributed by atoms with Crippen molar-refractivity contribution in [3.8, 4) is 5.88 Å². The molecule has 8 nitrogen and oxygen atoms in total. The Morgan fingerprint density at radius 3 is 2.85 bits per heavy atom. The summed E-state index contributed by atoms with van der Waals surface area (Å²) in [4.78, 5) is 12.5. The minimum Gasteiger partial charge on any atom is -0.471 e. The summed E-state index contributed by atoms with van der Waals surface area (Å²) in [5.74, 6) is 0.177. The van der Waals surface area contributed by atoms with Crippen LogP contribution in [0.5, 0.6) is 5.88 Å². The van der Waals surface area contributed by atoms with Gasteiger partial charge in [0.1, 0.15) is 12.7 Å². The predicted molar refractivity (Wildman–Crippen MR) is 91.0 cm³/mol. The van der Waals surface area contributed by atoms with E-state index in [-0.39, 0.29) is 30.7 Å². The third-order valence-corrected chi connectivity index (χ3v) is 4.42. The zero-order valence-corrected chi connectivity index (χ0v) is 14.0. The average molecular weight is 359 g/mol. The molecule has 1 aliphatic rings. The molecular weight excluding hydrogens is 341 g/mol. The number of aromatic nitrogens is 4. The van der Waals surface area contributed by atoms with Crippen molar-refractivity contribution in [3.05, 3.63) is 42.2 Å². The maximum Gasteiger partial charge on any atom is 0.247 e. The van der Waals surface area contributed by atoms with Gasteiger partial charge in [-0.1, -0.05) is 30.3 Å². The fourth-order valence-electron chi connectivity index (χ4n) is 2.93. The van der Waals surface area contributed by atoms with Crippen LogP contribution in [0.1, 0.15) is 18.7 Å². The smallest absolute Gasteiger partial charge is 0.247 e. The van der Waals surface area contributed by atoms with Gasteiger partial charge in [-0.25, -0.2) is 9.37 Å². The summed E-state index contributed by atoms with van der Waals surface area (Å²) in [6.07, 6.45) is -0.925. The van der Waals surface area contributed by atoms with Crippen LogP contribution in [0.3, 0.4) is 0 Å². The molecule has 0 saturated carbocycles. The predicted octanol–water partition coefficient (Wildman–Crippen LogP) is 1.61. The molecule has 136 valence electrons. The van der Waals surface area contributed by atoms with Crippen molar-refractivity contribution in [1.82, 2.24) is 19.5 Å². The zero-order chi connectivity index (χ0) is 18.3. The van der Waals surface area contributed by atoms with Gasteiger partial charge in [-0.15, -0.1) is 0 Å². The average Bonchev–Trinajstić information content (AvgIpc) is 3.14. The van der Waals surface area contributed by atoms with E-state index in [1.807, 2.05) is 30.3 Å².